The lowest BCUT2D eigenvalue weighted by molar-refractivity contribution is -0.158. The van der Waals surface area contributed by atoms with Gasteiger partial charge in [0.15, 0.2) is 0 Å². The van der Waals surface area contributed by atoms with Crippen LogP contribution in [0.25, 0.3) is 0 Å². The highest BCUT2D eigenvalue weighted by atomic mass is 16.5. The highest BCUT2D eigenvalue weighted by Gasteiger charge is 2.66. The second kappa shape index (κ2) is 5.38. The van der Waals surface area contributed by atoms with Crippen molar-refractivity contribution in [3.63, 3.8) is 0 Å². The van der Waals surface area contributed by atoms with Crippen molar-refractivity contribution in [2.24, 2.45) is 16.7 Å². The van der Waals surface area contributed by atoms with Crippen LogP contribution in [0, 0.1) is 16.7 Å². The molecule has 22 heavy (non-hydrogen) atoms. The Labute approximate surface area is 132 Å². The molecule has 120 valence electrons. The number of aliphatic hydroxyl groups excluding tert-OH is 1. The molecule has 3 rings (SSSR count). The van der Waals surface area contributed by atoms with E-state index < -0.39 is 0 Å². The van der Waals surface area contributed by atoms with E-state index in [4.69, 9.17) is 4.74 Å². The summed E-state index contributed by atoms with van der Waals surface area (Å²) in [5, 5.41) is 10.2. The molecule has 0 amide bonds. The van der Waals surface area contributed by atoms with E-state index >= 15 is 0 Å². The molecule has 2 bridgehead atoms. The number of rotatable bonds is 4. The number of esters is 1. The van der Waals surface area contributed by atoms with Crippen LogP contribution in [0.3, 0.4) is 0 Å². The summed E-state index contributed by atoms with van der Waals surface area (Å²) in [6, 6.07) is 10.0. The van der Waals surface area contributed by atoms with Gasteiger partial charge in [0.1, 0.15) is 6.10 Å². The summed E-state index contributed by atoms with van der Waals surface area (Å²) < 4.78 is 5.80. The second-order valence-electron chi connectivity index (χ2n) is 7.72. The molecule has 4 unspecified atom stereocenters. The number of hydrogen-bond acceptors (Lipinski definition) is 3. The molecule has 4 atom stereocenters. The lowest BCUT2D eigenvalue weighted by Crippen LogP contribution is -2.39. The molecule has 2 fully saturated rings. The molecule has 0 spiro atoms. The maximum absolute atomic E-state index is 12.2. The van der Waals surface area contributed by atoms with E-state index in [0.29, 0.717) is 6.42 Å². The van der Waals surface area contributed by atoms with Crippen LogP contribution in [0.1, 0.15) is 45.6 Å². The number of benzene rings is 1. The van der Waals surface area contributed by atoms with E-state index in [1.165, 1.54) is 0 Å². The lowest BCUT2D eigenvalue weighted by Gasteiger charge is -2.38. The van der Waals surface area contributed by atoms with Crippen molar-refractivity contribution < 1.29 is 14.6 Å². The van der Waals surface area contributed by atoms with Crippen molar-refractivity contribution in [1.82, 2.24) is 0 Å². The summed E-state index contributed by atoms with van der Waals surface area (Å²) in [5.74, 6) is 0.123. The van der Waals surface area contributed by atoms with Crippen LogP contribution in [0.15, 0.2) is 30.3 Å². The summed E-state index contributed by atoms with van der Waals surface area (Å²) >= 11 is 0. The molecule has 1 aromatic carbocycles. The molecule has 2 saturated carbocycles. The first kappa shape index (κ1) is 15.5. The third-order valence-electron chi connectivity index (χ3n) is 6.41. The van der Waals surface area contributed by atoms with Gasteiger partial charge in [0.2, 0.25) is 0 Å². The minimum absolute atomic E-state index is 0.0246. The Morgan fingerprint density at radius 1 is 1.27 bits per heavy atom. The van der Waals surface area contributed by atoms with Crippen molar-refractivity contribution in [3.8, 4) is 0 Å². The van der Waals surface area contributed by atoms with Crippen LogP contribution in [0.5, 0.6) is 0 Å². The van der Waals surface area contributed by atoms with Gasteiger partial charge in [0.05, 0.1) is 6.10 Å². The van der Waals surface area contributed by atoms with E-state index in [1.54, 1.807) is 0 Å². The van der Waals surface area contributed by atoms with Crippen molar-refractivity contribution >= 4 is 5.97 Å². The molecule has 2 aliphatic carbocycles. The summed E-state index contributed by atoms with van der Waals surface area (Å²) in [7, 11) is 0. The number of aryl methyl sites for hydroxylation is 1. The molecule has 1 aromatic rings. The van der Waals surface area contributed by atoms with Gasteiger partial charge in [0, 0.05) is 11.8 Å². The quantitative estimate of drug-likeness (QED) is 0.868. The van der Waals surface area contributed by atoms with E-state index in [1.807, 2.05) is 30.3 Å². The molecule has 3 heteroatoms. The molecular weight excluding hydrogens is 276 g/mol. The largest absolute Gasteiger partial charge is 0.462 e. The first-order valence-electron chi connectivity index (χ1n) is 8.26. The summed E-state index contributed by atoms with van der Waals surface area (Å²) in [5.41, 5.74) is 1.07. The molecular formula is C19H26O3. The maximum Gasteiger partial charge on any atom is 0.306 e. The SMILES string of the molecule is CC1(C)C2CC(OC(=O)CCc3ccccc3)C1(C)CC2O. The zero-order chi connectivity index (χ0) is 16.0. The van der Waals surface area contributed by atoms with E-state index in [9.17, 15) is 9.90 Å². The van der Waals surface area contributed by atoms with Crippen molar-refractivity contribution in [1.29, 1.82) is 0 Å². The van der Waals surface area contributed by atoms with Gasteiger partial charge in [-0.1, -0.05) is 51.1 Å². The van der Waals surface area contributed by atoms with Gasteiger partial charge >= 0.3 is 5.97 Å². The third-order valence-corrected chi connectivity index (χ3v) is 6.41. The summed E-state index contributed by atoms with van der Waals surface area (Å²) in [6.07, 6.45) is 2.37. The van der Waals surface area contributed by atoms with Crippen LogP contribution >= 0.6 is 0 Å². The smallest absolute Gasteiger partial charge is 0.306 e. The van der Waals surface area contributed by atoms with Gasteiger partial charge in [-0.2, -0.15) is 0 Å². The molecule has 0 aromatic heterocycles. The minimum Gasteiger partial charge on any atom is -0.462 e. The lowest BCUT2D eigenvalue weighted by atomic mass is 9.70. The first-order valence-corrected chi connectivity index (χ1v) is 8.26. The molecule has 2 aliphatic rings. The fraction of sp³-hybridized carbons (Fsp3) is 0.632. The predicted octanol–water partition coefficient (Wildman–Crippen LogP) is 3.35. The number of fused-ring (bicyclic) bond motifs is 2. The summed E-state index contributed by atoms with van der Waals surface area (Å²) in [4.78, 5) is 12.2. The van der Waals surface area contributed by atoms with Gasteiger partial charge in [-0.3, -0.25) is 4.79 Å². The molecule has 1 N–H and O–H groups in total. The van der Waals surface area contributed by atoms with Crippen LogP contribution < -0.4 is 0 Å². The fourth-order valence-corrected chi connectivity index (χ4v) is 4.52. The van der Waals surface area contributed by atoms with Crippen LogP contribution in [0.2, 0.25) is 0 Å². The standard InChI is InChI=1S/C19H26O3/c1-18(2)14-11-16(19(18,3)12-15(14)20)22-17(21)10-9-13-7-5-4-6-8-13/h4-8,14-16,20H,9-12H2,1-3H3. The normalized spacial score (nSPS) is 35.5. The van der Waals surface area contributed by atoms with Gasteiger partial charge in [-0.25, -0.2) is 0 Å². The summed E-state index contributed by atoms with van der Waals surface area (Å²) in [6.45, 7) is 6.57. The average Bonchev–Trinajstić information content (AvgIpc) is 2.76. The van der Waals surface area contributed by atoms with E-state index in [2.05, 4.69) is 20.8 Å². The van der Waals surface area contributed by atoms with Gasteiger partial charge in [-0.05, 0) is 36.2 Å². The molecule has 0 heterocycles. The van der Waals surface area contributed by atoms with Gasteiger partial charge in [0.25, 0.3) is 0 Å². The molecule has 3 nitrogen and oxygen atoms in total. The Morgan fingerprint density at radius 3 is 2.50 bits per heavy atom. The van der Waals surface area contributed by atoms with Crippen LogP contribution in [-0.4, -0.2) is 23.3 Å². The topological polar surface area (TPSA) is 46.5 Å². The predicted molar refractivity (Wildman–Crippen MR) is 85.3 cm³/mol. The monoisotopic (exact) mass is 302 g/mol. The molecule has 0 aliphatic heterocycles. The Balaban J connectivity index is 1.59. The highest BCUT2D eigenvalue weighted by Crippen LogP contribution is 2.66. The first-order chi connectivity index (χ1) is 10.3. The Bertz CT molecular complexity index is 551. The zero-order valence-corrected chi connectivity index (χ0v) is 13.7. The second-order valence-corrected chi connectivity index (χ2v) is 7.72. The molecule has 0 radical (unpaired) electrons. The van der Waals surface area contributed by atoms with E-state index in [0.717, 1.165) is 24.8 Å². The van der Waals surface area contributed by atoms with E-state index in [-0.39, 0.29) is 34.9 Å². The average molecular weight is 302 g/mol. The Morgan fingerprint density at radius 2 is 1.95 bits per heavy atom. The Kier molecular flexibility index (Phi) is 3.80. The van der Waals surface area contributed by atoms with Crippen molar-refractivity contribution in [2.75, 3.05) is 0 Å². The van der Waals surface area contributed by atoms with Crippen LogP contribution in [-0.2, 0) is 16.0 Å². The third kappa shape index (κ3) is 2.36. The Hall–Kier alpha value is -1.35. The number of carbonyl (C=O) groups is 1. The highest BCUT2D eigenvalue weighted by molar-refractivity contribution is 5.70. The van der Waals surface area contributed by atoms with Gasteiger partial charge < -0.3 is 9.84 Å². The maximum atomic E-state index is 12.2. The molecule has 0 saturated heterocycles. The van der Waals surface area contributed by atoms with Crippen LogP contribution in [0.4, 0.5) is 0 Å². The number of ether oxygens (including phenoxy) is 1. The fourth-order valence-electron chi connectivity index (χ4n) is 4.52. The number of aliphatic hydroxyl groups is 1. The van der Waals surface area contributed by atoms with Crippen molar-refractivity contribution in [3.05, 3.63) is 35.9 Å². The number of carbonyl (C=O) groups excluding carboxylic acids is 1. The zero-order valence-electron chi connectivity index (χ0n) is 13.7. The van der Waals surface area contributed by atoms with Gasteiger partial charge in [-0.15, -0.1) is 0 Å². The number of hydrogen-bond donors (Lipinski definition) is 1. The minimum atomic E-state index is -0.251. The van der Waals surface area contributed by atoms with Crippen molar-refractivity contribution in [2.45, 2.75) is 58.7 Å².